The largest absolute Gasteiger partial charge is 0.332 e. The van der Waals surface area contributed by atoms with Crippen molar-refractivity contribution in [1.29, 1.82) is 0 Å². The number of sulfonamides is 1. The number of nitrogens with zero attached hydrogens (tertiary/aromatic N) is 2. The quantitative estimate of drug-likeness (QED) is 0.482. The Labute approximate surface area is 191 Å². The number of hydrogen-bond acceptors (Lipinski definition) is 8. The van der Waals surface area contributed by atoms with E-state index >= 15 is 0 Å². The van der Waals surface area contributed by atoms with E-state index in [2.05, 4.69) is 34.7 Å². The van der Waals surface area contributed by atoms with Crippen LogP contribution in [0.5, 0.6) is 0 Å². The average molecular weight is 483 g/mol. The Hall–Kier alpha value is -1.41. The van der Waals surface area contributed by atoms with Crippen LogP contribution in [-0.4, -0.2) is 46.0 Å². The number of ether oxygens (including phenoxy) is 1. The van der Waals surface area contributed by atoms with Crippen molar-refractivity contribution in [3.63, 3.8) is 0 Å². The van der Waals surface area contributed by atoms with Crippen LogP contribution < -0.4 is 26.6 Å². The standard InChI is InChI=1S/C20H30N6O4S2/c1-11-17(31-13(3)21-11)10-25-15-6-5-14(32(28,29)24-20(4)7-8-20)9-16(15)26(19(25)27)18-23-22-12(2)30-18/h5-6,9,11-13,17-18,21-24H,7-8,10H2,1-4H3. The van der Waals surface area contributed by atoms with Gasteiger partial charge in [-0.15, -0.1) is 11.8 Å². The van der Waals surface area contributed by atoms with Crippen LogP contribution in [0.25, 0.3) is 11.0 Å². The summed E-state index contributed by atoms with van der Waals surface area (Å²) in [4.78, 5) is 13.7. The summed E-state index contributed by atoms with van der Waals surface area (Å²) in [5.74, 6) is 0. The Bertz CT molecular complexity index is 1200. The van der Waals surface area contributed by atoms with Gasteiger partial charge in [-0.1, -0.05) is 0 Å². The Kier molecular flexibility index (Phi) is 5.48. The molecule has 4 N–H and O–H groups in total. The molecule has 5 atom stereocenters. The van der Waals surface area contributed by atoms with Crippen molar-refractivity contribution < 1.29 is 13.2 Å². The van der Waals surface area contributed by atoms with Gasteiger partial charge in [-0.25, -0.2) is 28.8 Å². The number of aromatic nitrogens is 2. The van der Waals surface area contributed by atoms with E-state index < -0.39 is 16.4 Å². The number of imidazole rings is 1. The summed E-state index contributed by atoms with van der Waals surface area (Å²) in [6.07, 6.45) is 0.619. The lowest BCUT2D eigenvalue weighted by Crippen LogP contribution is -2.38. The highest BCUT2D eigenvalue weighted by atomic mass is 32.2. The van der Waals surface area contributed by atoms with Gasteiger partial charge < -0.3 is 10.1 Å². The van der Waals surface area contributed by atoms with Gasteiger partial charge in [-0.3, -0.25) is 9.13 Å². The molecule has 1 aliphatic carbocycles. The monoisotopic (exact) mass is 482 g/mol. The van der Waals surface area contributed by atoms with Crippen LogP contribution in [0.3, 0.4) is 0 Å². The second-order valence-electron chi connectivity index (χ2n) is 9.27. The van der Waals surface area contributed by atoms with E-state index in [1.807, 2.05) is 13.8 Å². The molecule has 3 heterocycles. The molecule has 1 aromatic carbocycles. The molecule has 0 bridgehead atoms. The third-order valence-electron chi connectivity index (χ3n) is 6.40. The van der Waals surface area contributed by atoms with Crippen molar-refractivity contribution in [3.8, 4) is 0 Å². The van der Waals surface area contributed by atoms with Crippen LogP contribution in [0.1, 0.15) is 46.9 Å². The molecule has 2 aromatic rings. The molecule has 3 fully saturated rings. The lowest BCUT2D eigenvalue weighted by atomic mass is 10.2. The van der Waals surface area contributed by atoms with E-state index in [9.17, 15) is 13.2 Å². The molecular formula is C20H30N6O4S2. The highest BCUT2D eigenvalue weighted by Gasteiger charge is 2.41. The molecule has 0 amide bonds. The van der Waals surface area contributed by atoms with E-state index in [1.165, 1.54) is 4.57 Å². The fourth-order valence-corrected chi connectivity index (χ4v) is 7.21. The average Bonchev–Trinajstić information content (AvgIpc) is 3.01. The van der Waals surface area contributed by atoms with Gasteiger partial charge in [0.05, 0.1) is 21.3 Å². The first-order valence-electron chi connectivity index (χ1n) is 10.9. The Morgan fingerprint density at radius 1 is 1.22 bits per heavy atom. The second-order valence-corrected chi connectivity index (χ2v) is 12.5. The van der Waals surface area contributed by atoms with Crippen LogP contribution in [0, 0.1) is 0 Å². The zero-order chi connectivity index (χ0) is 22.8. The summed E-state index contributed by atoms with van der Waals surface area (Å²) >= 11 is 1.80. The first-order valence-corrected chi connectivity index (χ1v) is 13.4. The summed E-state index contributed by atoms with van der Waals surface area (Å²) in [6, 6.07) is 5.13. The third-order valence-corrected chi connectivity index (χ3v) is 9.49. The zero-order valence-electron chi connectivity index (χ0n) is 18.6. The number of benzene rings is 1. The Balaban J connectivity index is 1.60. The first-order chi connectivity index (χ1) is 15.1. The maximum Gasteiger partial charge on any atom is 0.332 e. The van der Waals surface area contributed by atoms with E-state index in [-0.39, 0.29) is 33.6 Å². The molecule has 32 heavy (non-hydrogen) atoms. The van der Waals surface area contributed by atoms with E-state index in [4.69, 9.17) is 4.74 Å². The minimum atomic E-state index is -3.71. The summed E-state index contributed by atoms with van der Waals surface area (Å²) in [6.45, 7) is 8.48. The predicted octanol–water partition coefficient (Wildman–Crippen LogP) is 1.000. The van der Waals surface area contributed by atoms with E-state index in [0.29, 0.717) is 23.0 Å². The fourth-order valence-electron chi connectivity index (χ4n) is 4.36. The molecule has 5 rings (SSSR count). The normalized spacial score (nSPS) is 32.1. The number of hydrogen-bond donors (Lipinski definition) is 4. The van der Waals surface area contributed by atoms with Crippen LogP contribution in [0.15, 0.2) is 27.9 Å². The molecular weight excluding hydrogens is 452 g/mol. The molecule has 0 radical (unpaired) electrons. The van der Waals surface area contributed by atoms with Crippen molar-refractivity contribution in [2.24, 2.45) is 0 Å². The maximum absolute atomic E-state index is 13.5. The second kappa shape index (κ2) is 7.83. The highest BCUT2D eigenvalue weighted by molar-refractivity contribution is 8.00. The van der Waals surface area contributed by atoms with Crippen LogP contribution >= 0.6 is 11.8 Å². The summed E-state index contributed by atoms with van der Waals surface area (Å²) < 4.78 is 37.8. The molecule has 1 aromatic heterocycles. The van der Waals surface area contributed by atoms with Crippen molar-refractivity contribution in [1.82, 2.24) is 30.0 Å². The first kappa shape index (κ1) is 22.4. The molecule has 10 nitrogen and oxygen atoms in total. The number of nitrogens with one attached hydrogen (secondary N) is 4. The smallest absolute Gasteiger partial charge is 0.324 e. The fraction of sp³-hybridized carbons (Fsp3) is 0.650. The number of hydrazine groups is 1. The van der Waals surface area contributed by atoms with Gasteiger partial charge in [-0.2, -0.15) is 0 Å². The predicted molar refractivity (Wildman–Crippen MR) is 123 cm³/mol. The highest BCUT2D eigenvalue weighted by Crippen LogP contribution is 2.36. The van der Waals surface area contributed by atoms with Gasteiger partial charge in [0.15, 0.2) is 0 Å². The lowest BCUT2D eigenvalue weighted by Gasteiger charge is -2.15. The van der Waals surface area contributed by atoms with Gasteiger partial charge in [0.2, 0.25) is 16.4 Å². The van der Waals surface area contributed by atoms with E-state index in [1.54, 1.807) is 34.5 Å². The van der Waals surface area contributed by atoms with Crippen LogP contribution in [0.2, 0.25) is 0 Å². The molecule has 176 valence electrons. The molecule has 1 saturated carbocycles. The van der Waals surface area contributed by atoms with Crippen molar-refractivity contribution in [3.05, 3.63) is 28.7 Å². The number of fused-ring (bicyclic) bond motifs is 1. The van der Waals surface area contributed by atoms with E-state index in [0.717, 1.165) is 12.8 Å². The Morgan fingerprint density at radius 3 is 2.56 bits per heavy atom. The third kappa shape index (κ3) is 4.02. The van der Waals surface area contributed by atoms with Gasteiger partial charge in [0.25, 0.3) is 0 Å². The number of rotatable bonds is 6. The van der Waals surface area contributed by atoms with Crippen molar-refractivity contribution >= 4 is 32.8 Å². The van der Waals surface area contributed by atoms with Gasteiger partial charge >= 0.3 is 5.69 Å². The number of thioether (sulfide) groups is 1. The van der Waals surface area contributed by atoms with Crippen molar-refractivity contribution in [2.75, 3.05) is 0 Å². The van der Waals surface area contributed by atoms with Gasteiger partial charge in [0.1, 0.15) is 6.23 Å². The molecule has 2 saturated heterocycles. The SMILES string of the molecule is CC1NNC(n2c(=O)n(CC3SC(C)NC3C)c3ccc(S(=O)(=O)NC4(C)CC4)cc32)O1. The molecule has 2 aliphatic heterocycles. The minimum Gasteiger partial charge on any atom is -0.324 e. The summed E-state index contributed by atoms with van der Waals surface area (Å²) in [5, 5.41) is 4.02. The maximum atomic E-state index is 13.5. The molecule has 12 heteroatoms. The molecule has 0 spiro atoms. The van der Waals surface area contributed by atoms with Gasteiger partial charge in [0, 0.05) is 23.4 Å². The zero-order valence-corrected chi connectivity index (χ0v) is 20.2. The van der Waals surface area contributed by atoms with Gasteiger partial charge in [-0.05, 0) is 58.7 Å². The van der Waals surface area contributed by atoms with Crippen molar-refractivity contribution in [2.45, 2.75) is 86.8 Å². The topological polar surface area (TPSA) is 118 Å². The van der Waals surface area contributed by atoms with Crippen LogP contribution in [-0.2, 0) is 21.3 Å². The molecule has 5 unspecified atom stereocenters. The summed E-state index contributed by atoms with van der Waals surface area (Å²) in [7, 11) is -3.71. The summed E-state index contributed by atoms with van der Waals surface area (Å²) in [5.41, 5.74) is 6.52. The molecule has 3 aliphatic rings. The Morgan fingerprint density at radius 2 is 1.97 bits per heavy atom. The van der Waals surface area contributed by atoms with Crippen LogP contribution in [0.4, 0.5) is 0 Å². The minimum absolute atomic E-state index is 0.141. The lowest BCUT2D eigenvalue weighted by molar-refractivity contribution is 0.000849.